The highest BCUT2D eigenvalue weighted by Gasteiger charge is 2.19. The largest absolute Gasteiger partial charge is 0.399 e. The van der Waals surface area contributed by atoms with Crippen molar-refractivity contribution in [3.8, 4) is 0 Å². The van der Waals surface area contributed by atoms with Crippen LogP contribution in [-0.4, -0.2) is 6.54 Å². The van der Waals surface area contributed by atoms with Crippen molar-refractivity contribution in [2.75, 3.05) is 17.2 Å². The third-order valence-corrected chi connectivity index (χ3v) is 3.07. The SMILES string of the molecule is Nc1ccc2c(c1)CCN2c1ccccc1. The Morgan fingerprint density at radius 1 is 1.00 bits per heavy atom. The molecule has 1 aliphatic rings. The zero-order chi connectivity index (χ0) is 11.0. The van der Waals surface area contributed by atoms with Crippen LogP contribution in [0.3, 0.4) is 0 Å². The monoisotopic (exact) mass is 210 g/mol. The maximum atomic E-state index is 5.80. The predicted molar refractivity (Wildman–Crippen MR) is 68.0 cm³/mol. The quantitative estimate of drug-likeness (QED) is 0.733. The van der Waals surface area contributed by atoms with Gasteiger partial charge in [-0.25, -0.2) is 0 Å². The molecular weight excluding hydrogens is 196 g/mol. The lowest BCUT2D eigenvalue weighted by Gasteiger charge is -2.19. The van der Waals surface area contributed by atoms with Gasteiger partial charge in [-0.05, 0) is 42.3 Å². The van der Waals surface area contributed by atoms with Gasteiger partial charge in [0.25, 0.3) is 0 Å². The van der Waals surface area contributed by atoms with E-state index >= 15 is 0 Å². The number of hydrogen-bond acceptors (Lipinski definition) is 2. The predicted octanol–water partition coefficient (Wildman–Crippen LogP) is 2.96. The summed E-state index contributed by atoms with van der Waals surface area (Å²) in [5.41, 5.74) is 10.6. The number of rotatable bonds is 1. The van der Waals surface area contributed by atoms with Crippen molar-refractivity contribution in [2.24, 2.45) is 0 Å². The molecule has 3 rings (SSSR count). The van der Waals surface area contributed by atoms with Crippen LogP contribution in [0.2, 0.25) is 0 Å². The van der Waals surface area contributed by atoms with E-state index in [1.54, 1.807) is 0 Å². The molecule has 2 N–H and O–H groups in total. The molecule has 0 unspecified atom stereocenters. The number of nitrogen functional groups attached to an aromatic ring is 1. The minimum atomic E-state index is 0.855. The summed E-state index contributed by atoms with van der Waals surface area (Å²) in [5, 5.41) is 0. The molecule has 2 heteroatoms. The molecule has 0 fully saturated rings. The van der Waals surface area contributed by atoms with Crippen molar-refractivity contribution in [3.63, 3.8) is 0 Å². The highest BCUT2D eigenvalue weighted by molar-refractivity contribution is 5.71. The Morgan fingerprint density at radius 3 is 2.62 bits per heavy atom. The molecule has 16 heavy (non-hydrogen) atoms. The van der Waals surface area contributed by atoms with E-state index in [9.17, 15) is 0 Å². The molecule has 2 aromatic rings. The summed E-state index contributed by atoms with van der Waals surface area (Å²) in [6, 6.07) is 16.7. The van der Waals surface area contributed by atoms with Crippen molar-refractivity contribution in [1.29, 1.82) is 0 Å². The number of para-hydroxylation sites is 1. The van der Waals surface area contributed by atoms with Crippen LogP contribution in [0.25, 0.3) is 0 Å². The van der Waals surface area contributed by atoms with E-state index in [1.807, 2.05) is 12.1 Å². The van der Waals surface area contributed by atoms with Crippen molar-refractivity contribution >= 4 is 17.1 Å². The number of anilines is 3. The molecule has 0 aliphatic carbocycles. The fraction of sp³-hybridized carbons (Fsp3) is 0.143. The summed E-state index contributed by atoms with van der Waals surface area (Å²) >= 11 is 0. The minimum Gasteiger partial charge on any atom is -0.399 e. The van der Waals surface area contributed by atoms with Crippen molar-refractivity contribution in [3.05, 3.63) is 54.1 Å². The Hall–Kier alpha value is -1.96. The highest BCUT2D eigenvalue weighted by atomic mass is 15.2. The zero-order valence-corrected chi connectivity index (χ0v) is 9.06. The third kappa shape index (κ3) is 1.43. The number of fused-ring (bicyclic) bond motifs is 1. The van der Waals surface area contributed by atoms with Crippen LogP contribution in [0, 0.1) is 0 Å². The second-order valence-corrected chi connectivity index (χ2v) is 4.13. The van der Waals surface area contributed by atoms with E-state index in [2.05, 4.69) is 41.3 Å². The molecule has 0 bridgehead atoms. The molecule has 2 nitrogen and oxygen atoms in total. The van der Waals surface area contributed by atoms with Crippen LogP contribution in [0.5, 0.6) is 0 Å². The van der Waals surface area contributed by atoms with Crippen molar-refractivity contribution in [1.82, 2.24) is 0 Å². The second kappa shape index (κ2) is 3.56. The average Bonchev–Trinajstić information content (AvgIpc) is 2.73. The van der Waals surface area contributed by atoms with Gasteiger partial charge in [0.2, 0.25) is 0 Å². The first kappa shape index (κ1) is 9.28. The van der Waals surface area contributed by atoms with Crippen LogP contribution in [0.1, 0.15) is 5.56 Å². The van der Waals surface area contributed by atoms with E-state index < -0.39 is 0 Å². The summed E-state index contributed by atoms with van der Waals surface area (Å²) in [5.74, 6) is 0. The van der Waals surface area contributed by atoms with Gasteiger partial charge in [0.15, 0.2) is 0 Å². The number of hydrogen-bond donors (Lipinski definition) is 1. The van der Waals surface area contributed by atoms with Gasteiger partial charge in [-0.3, -0.25) is 0 Å². The Morgan fingerprint density at radius 2 is 1.81 bits per heavy atom. The molecule has 0 saturated heterocycles. The second-order valence-electron chi connectivity index (χ2n) is 4.13. The summed E-state index contributed by atoms with van der Waals surface area (Å²) in [6.07, 6.45) is 1.08. The van der Waals surface area contributed by atoms with Crippen LogP contribution in [0.4, 0.5) is 17.1 Å². The number of nitrogens with two attached hydrogens (primary N) is 1. The molecule has 0 saturated carbocycles. The highest BCUT2D eigenvalue weighted by Crippen LogP contribution is 2.35. The Labute approximate surface area is 95.3 Å². The van der Waals surface area contributed by atoms with Crippen LogP contribution in [-0.2, 0) is 6.42 Å². The third-order valence-electron chi connectivity index (χ3n) is 3.07. The normalized spacial score (nSPS) is 13.9. The first-order valence-electron chi connectivity index (χ1n) is 5.55. The van der Waals surface area contributed by atoms with E-state index in [0.717, 1.165) is 18.7 Å². The van der Waals surface area contributed by atoms with Gasteiger partial charge in [-0.15, -0.1) is 0 Å². The van der Waals surface area contributed by atoms with Crippen LogP contribution in [0.15, 0.2) is 48.5 Å². The number of nitrogens with zero attached hydrogens (tertiary/aromatic N) is 1. The fourth-order valence-corrected chi connectivity index (χ4v) is 2.30. The van der Waals surface area contributed by atoms with E-state index in [-0.39, 0.29) is 0 Å². The number of benzene rings is 2. The first-order chi connectivity index (χ1) is 7.84. The molecular formula is C14H14N2. The molecule has 0 spiro atoms. The maximum Gasteiger partial charge on any atom is 0.0445 e. The summed E-state index contributed by atoms with van der Waals surface area (Å²) in [7, 11) is 0. The average molecular weight is 210 g/mol. The lowest BCUT2D eigenvalue weighted by molar-refractivity contribution is 0.998. The van der Waals surface area contributed by atoms with Gasteiger partial charge < -0.3 is 10.6 Å². The van der Waals surface area contributed by atoms with E-state index in [0.29, 0.717) is 0 Å². The molecule has 1 heterocycles. The lowest BCUT2D eigenvalue weighted by atomic mass is 10.1. The van der Waals surface area contributed by atoms with Crippen molar-refractivity contribution < 1.29 is 0 Å². The maximum absolute atomic E-state index is 5.80. The minimum absolute atomic E-state index is 0.855. The van der Waals surface area contributed by atoms with Gasteiger partial charge in [-0.1, -0.05) is 18.2 Å². The smallest absolute Gasteiger partial charge is 0.0445 e. The standard InChI is InChI=1S/C14H14N2/c15-12-6-7-14-11(10-12)8-9-16(14)13-4-2-1-3-5-13/h1-7,10H,8-9,15H2. The summed E-state index contributed by atoms with van der Waals surface area (Å²) < 4.78 is 0. The van der Waals surface area contributed by atoms with Crippen molar-refractivity contribution in [2.45, 2.75) is 6.42 Å². The molecule has 2 aromatic carbocycles. The molecule has 0 radical (unpaired) electrons. The topological polar surface area (TPSA) is 29.3 Å². The van der Waals surface area contributed by atoms with Gasteiger partial charge in [0.05, 0.1) is 0 Å². The van der Waals surface area contributed by atoms with Gasteiger partial charge in [0.1, 0.15) is 0 Å². The van der Waals surface area contributed by atoms with Crippen LogP contribution >= 0.6 is 0 Å². The fourth-order valence-electron chi connectivity index (χ4n) is 2.30. The van der Waals surface area contributed by atoms with Gasteiger partial charge in [0, 0.05) is 23.6 Å². The van der Waals surface area contributed by atoms with E-state index in [1.165, 1.54) is 16.9 Å². The van der Waals surface area contributed by atoms with Gasteiger partial charge in [-0.2, -0.15) is 0 Å². The Bertz CT molecular complexity index is 505. The zero-order valence-electron chi connectivity index (χ0n) is 9.06. The lowest BCUT2D eigenvalue weighted by Crippen LogP contribution is -2.12. The molecule has 0 atom stereocenters. The van der Waals surface area contributed by atoms with Crippen LogP contribution < -0.4 is 10.6 Å². The molecule has 0 amide bonds. The Balaban J connectivity index is 2.04. The molecule has 80 valence electrons. The van der Waals surface area contributed by atoms with Gasteiger partial charge >= 0.3 is 0 Å². The summed E-state index contributed by atoms with van der Waals surface area (Å²) in [6.45, 7) is 1.04. The first-order valence-corrected chi connectivity index (χ1v) is 5.55. The summed E-state index contributed by atoms with van der Waals surface area (Å²) in [4.78, 5) is 2.34. The Kier molecular flexibility index (Phi) is 2.07. The molecule has 1 aliphatic heterocycles. The van der Waals surface area contributed by atoms with E-state index in [4.69, 9.17) is 5.73 Å². The molecule has 0 aromatic heterocycles.